The molecule has 5 nitrogen and oxygen atoms in total. The number of rotatable bonds is 4. The molecule has 1 aliphatic rings. The number of aromatic carboxylic acids is 1. The fraction of sp³-hybridized carbons (Fsp3) is 0.529. The van der Waals surface area contributed by atoms with Gasteiger partial charge in [0.1, 0.15) is 17.0 Å². The standard InChI is InChI=1S/C17H17F5N2O3/c1-27-12-8-24-11(6-9-2-4-16(18,19)5-3-9)14(17(20,21)22)23-13(24)7-10(12)15(25)26/h7-9H,2-6H2,1H3,(H,25,26). The van der Waals surface area contributed by atoms with Gasteiger partial charge in [0, 0.05) is 12.8 Å². The van der Waals surface area contributed by atoms with Crippen LogP contribution in [-0.2, 0) is 12.6 Å². The lowest BCUT2D eigenvalue weighted by molar-refractivity contribution is -0.141. The molecule has 0 amide bonds. The van der Waals surface area contributed by atoms with Crippen molar-refractivity contribution in [3.8, 4) is 5.75 Å². The minimum absolute atomic E-state index is 0.0817. The second kappa shape index (κ2) is 6.65. The van der Waals surface area contributed by atoms with Crippen LogP contribution in [0.15, 0.2) is 12.3 Å². The molecular weight excluding hydrogens is 375 g/mol. The number of carboxylic acids is 1. The van der Waals surface area contributed by atoms with Gasteiger partial charge < -0.3 is 9.84 Å². The molecule has 0 atom stereocenters. The molecular formula is C17H17F5N2O3. The summed E-state index contributed by atoms with van der Waals surface area (Å²) >= 11 is 0. The second-order valence-electron chi connectivity index (χ2n) is 6.70. The number of alkyl halides is 5. The van der Waals surface area contributed by atoms with E-state index in [-0.39, 0.29) is 60.7 Å². The lowest BCUT2D eigenvalue weighted by Crippen LogP contribution is -2.26. The van der Waals surface area contributed by atoms with E-state index in [2.05, 4.69) is 4.98 Å². The highest BCUT2D eigenvalue weighted by Gasteiger charge is 2.40. The maximum Gasteiger partial charge on any atom is 0.435 e. The van der Waals surface area contributed by atoms with Crippen molar-refractivity contribution in [2.75, 3.05) is 7.11 Å². The Morgan fingerprint density at radius 1 is 1.37 bits per heavy atom. The summed E-state index contributed by atoms with van der Waals surface area (Å²) in [6, 6.07) is 1.01. The van der Waals surface area contributed by atoms with Crippen LogP contribution >= 0.6 is 0 Å². The number of ether oxygens (including phenoxy) is 1. The molecule has 3 rings (SSSR count). The molecule has 1 N–H and O–H groups in total. The van der Waals surface area contributed by atoms with E-state index >= 15 is 0 Å². The molecule has 10 heteroatoms. The third kappa shape index (κ3) is 3.84. The van der Waals surface area contributed by atoms with Gasteiger partial charge in [0.25, 0.3) is 0 Å². The summed E-state index contributed by atoms with van der Waals surface area (Å²) in [5.41, 5.74) is -1.81. The Morgan fingerprint density at radius 2 is 2.00 bits per heavy atom. The number of methoxy groups -OCH3 is 1. The molecule has 1 saturated carbocycles. The molecule has 148 valence electrons. The van der Waals surface area contributed by atoms with E-state index in [4.69, 9.17) is 4.74 Å². The summed E-state index contributed by atoms with van der Waals surface area (Å²) in [6.07, 6.45) is -4.18. The van der Waals surface area contributed by atoms with Gasteiger partial charge in [0.2, 0.25) is 5.92 Å². The van der Waals surface area contributed by atoms with Gasteiger partial charge in [-0.15, -0.1) is 0 Å². The molecule has 2 aromatic rings. The van der Waals surface area contributed by atoms with Crippen molar-refractivity contribution in [2.45, 2.75) is 44.2 Å². The van der Waals surface area contributed by atoms with Crippen LogP contribution in [0.3, 0.4) is 0 Å². The number of carbonyl (C=O) groups is 1. The largest absolute Gasteiger partial charge is 0.494 e. The van der Waals surface area contributed by atoms with Gasteiger partial charge in [0.05, 0.1) is 19.0 Å². The maximum atomic E-state index is 13.5. The van der Waals surface area contributed by atoms with Crippen LogP contribution in [0.5, 0.6) is 5.75 Å². The first-order valence-electron chi connectivity index (χ1n) is 8.29. The number of halogens is 5. The molecule has 1 fully saturated rings. The quantitative estimate of drug-likeness (QED) is 0.782. The van der Waals surface area contributed by atoms with Crippen LogP contribution in [0.1, 0.15) is 47.4 Å². The summed E-state index contributed by atoms with van der Waals surface area (Å²) in [4.78, 5) is 14.8. The average molecular weight is 392 g/mol. The van der Waals surface area contributed by atoms with Crippen molar-refractivity contribution >= 4 is 11.6 Å². The van der Waals surface area contributed by atoms with Crippen LogP contribution in [-0.4, -0.2) is 33.5 Å². The fourth-order valence-electron chi connectivity index (χ4n) is 3.45. The molecule has 0 aromatic carbocycles. The first kappa shape index (κ1) is 19.4. The summed E-state index contributed by atoms with van der Waals surface area (Å²) in [7, 11) is 1.21. The Bertz CT molecular complexity index is 866. The Morgan fingerprint density at radius 3 is 2.52 bits per heavy atom. The van der Waals surface area contributed by atoms with Gasteiger partial charge in [-0.3, -0.25) is 4.40 Å². The van der Waals surface area contributed by atoms with Gasteiger partial charge >= 0.3 is 12.1 Å². The second-order valence-corrected chi connectivity index (χ2v) is 6.70. The SMILES string of the molecule is COc1cn2c(CC3CCC(F)(F)CC3)c(C(F)(F)F)nc2cc1C(=O)O. The first-order chi connectivity index (χ1) is 12.5. The lowest BCUT2D eigenvalue weighted by atomic mass is 9.83. The number of hydrogen-bond donors (Lipinski definition) is 1. The topological polar surface area (TPSA) is 63.8 Å². The normalized spacial score (nSPS) is 18.0. The minimum Gasteiger partial charge on any atom is -0.494 e. The molecule has 0 aliphatic heterocycles. The Balaban J connectivity index is 2.07. The number of aromatic nitrogens is 2. The molecule has 2 aromatic heterocycles. The number of nitrogens with zero attached hydrogens (tertiary/aromatic N) is 2. The van der Waals surface area contributed by atoms with Crippen molar-refractivity contribution < 1.29 is 36.6 Å². The molecule has 1 aliphatic carbocycles. The van der Waals surface area contributed by atoms with Crippen molar-refractivity contribution in [1.82, 2.24) is 9.38 Å². The van der Waals surface area contributed by atoms with Crippen LogP contribution in [0.2, 0.25) is 0 Å². The van der Waals surface area contributed by atoms with Crippen LogP contribution in [0.4, 0.5) is 22.0 Å². The summed E-state index contributed by atoms with van der Waals surface area (Å²) < 4.78 is 73.2. The third-order valence-electron chi connectivity index (χ3n) is 4.86. The molecule has 0 radical (unpaired) electrons. The zero-order valence-corrected chi connectivity index (χ0v) is 14.3. The fourth-order valence-corrected chi connectivity index (χ4v) is 3.45. The number of imidazole rings is 1. The number of hydrogen-bond acceptors (Lipinski definition) is 3. The molecule has 2 heterocycles. The van der Waals surface area contributed by atoms with E-state index in [0.29, 0.717) is 0 Å². The van der Waals surface area contributed by atoms with E-state index < -0.39 is 23.8 Å². The molecule has 0 saturated heterocycles. The third-order valence-corrected chi connectivity index (χ3v) is 4.86. The van der Waals surface area contributed by atoms with Gasteiger partial charge in [-0.2, -0.15) is 13.2 Å². The summed E-state index contributed by atoms with van der Waals surface area (Å²) in [5.74, 6) is -4.59. The van der Waals surface area contributed by atoms with E-state index in [1.54, 1.807) is 0 Å². The molecule has 0 bridgehead atoms. The van der Waals surface area contributed by atoms with Crippen LogP contribution in [0.25, 0.3) is 5.65 Å². The molecule has 0 unspecified atom stereocenters. The molecule has 0 spiro atoms. The Kier molecular flexibility index (Phi) is 4.77. The monoisotopic (exact) mass is 392 g/mol. The highest BCUT2D eigenvalue weighted by atomic mass is 19.4. The number of pyridine rings is 1. The van der Waals surface area contributed by atoms with Crippen molar-refractivity contribution in [3.63, 3.8) is 0 Å². The van der Waals surface area contributed by atoms with Gasteiger partial charge in [-0.05, 0) is 31.2 Å². The lowest BCUT2D eigenvalue weighted by Gasteiger charge is -2.28. The summed E-state index contributed by atoms with van der Waals surface area (Å²) in [6.45, 7) is 0. The van der Waals surface area contributed by atoms with Crippen molar-refractivity contribution in [3.05, 3.63) is 29.2 Å². The first-order valence-corrected chi connectivity index (χ1v) is 8.29. The summed E-state index contributed by atoms with van der Waals surface area (Å²) in [5, 5.41) is 9.19. The van der Waals surface area contributed by atoms with Crippen LogP contribution < -0.4 is 4.74 Å². The van der Waals surface area contributed by atoms with Gasteiger partial charge in [0.15, 0.2) is 5.69 Å². The predicted octanol–water partition coefficient (Wildman–Crippen LogP) is 4.43. The van der Waals surface area contributed by atoms with E-state index in [1.165, 1.54) is 7.11 Å². The zero-order chi connectivity index (χ0) is 20.0. The zero-order valence-electron chi connectivity index (χ0n) is 14.3. The highest BCUT2D eigenvalue weighted by Crippen LogP contribution is 2.40. The Hall–Kier alpha value is -2.39. The average Bonchev–Trinajstić information content (AvgIpc) is 2.93. The van der Waals surface area contributed by atoms with E-state index in [1.807, 2.05) is 0 Å². The highest BCUT2D eigenvalue weighted by molar-refractivity contribution is 5.92. The Labute approximate surface area is 150 Å². The van der Waals surface area contributed by atoms with Crippen molar-refractivity contribution in [2.24, 2.45) is 5.92 Å². The molecule has 27 heavy (non-hydrogen) atoms. The smallest absolute Gasteiger partial charge is 0.435 e. The minimum atomic E-state index is -4.75. The van der Waals surface area contributed by atoms with Crippen LogP contribution in [0, 0.1) is 5.92 Å². The number of fused-ring (bicyclic) bond motifs is 1. The predicted molar refractivity (Wildman–Crippen MR) is 84.3 cm³/mol. The van der Waals surface area contributed by atoms with Crippen molar-refractivity contribution in [1.29, 1.82) is 0 Å². The number of carboxylic acid groups (broad SMARTS) is 1. The van der Waals surface area contributed by atoms with Gasteiger partial charge in [-0.25, -0.2) is 18.6 Å². The maximum absolute atomic E-state index is 13.5. The van der Waals surface area contributed by atoms with Gasteiger partial charge in [-0.1, -0.05) is 0 Å². The van der Waals surface area contributed by atoms with E-state index in [0.717, 1.165) is 16.7 Å². The van der Waals surface area contributed by atoms with E-state index in [9.17, 15) is 31.9 Å².